The van der Waals surface area contributed by atoms with Crippen LogP contribution in [0.15, 0.2) is 72.8 Å². The van der Waals surface area contributed by atoms with Gasteiger partial charge < -0.3 is 0 Å². The van der Waals surface area contributed by atoms with Crippen LogP contribution < -0.4 is 17.2 Å². The second kappa shape index (κ2) is 14.9. The molecule has 3 aliphatic heterocycles. The van der Waals surface area contributed by atoms with Gasteiger partial charge in [-0.25, -0.2) is 0 Å². The number of rotatable bonds is 0. The molecule has 0 aliphatic carbocycles. The first-order valence-corrected chi connectivity index (χ1v) is 29.7. The summed E-state index contributed by atoms with van der Waals surface area (Å²) in [6.07, 6.45) is 0. The van der Waals surface area contributed by atoms with E-state index in [9.17, 15) is 17.2 Å². The monoisotopic (exact) mass is 1080 g/mol. The number of hydrogen-bond donors (Lipinski definition) is 0. The standard InChI is InChI=1S/C8H7IO2.C7H4ClIO2.C7H4FIO2.CH3I2/c1-9-7-5-3-2-4-6(7)8(10)11-9;2*8-9-6-4-2-1-3-5(6)7(10)11-9;1-3-2/h2-5H,1H3;2*1-4H;1H3/q;;;-1. The Morgan fingerprint density at radius 2 is 1.11 bits per heavy atom. The van der Waals surface area contributed by atoms with Crippen LogP contribution in [0, 0.1) is 10.7 Å². The molecule has 3 aromatic carbocycles. The van der Waals surface area contributed by atoms with E-state index in [2.05, 4.69) is 26.6 Å². The molecule has 0 spiro atoms. The van der Waals surface area contributed by atoms with Crippen LogP contribution in [-0.2, 0) is 9.20 Å². The molecule has 0 saturated carbocycles. The Morgan fingerprint density at radius 3 is 1.61 bits per heavy atom. The van der Waals surface area contributed by atoms with E-state index in [1.807, 2.05) is 47.4 Å². The average molecular weight is 1080 g/mol. The molecule has 0 amide bonds. The second-order valence-electron chi connectivity index (χ2n) is 6.51. The molecule has 0 unspecified atom stereocenters. The summed E-state index contributed by atoms with van der Waals surface area (Å²) in [5.41, 5.74) is 1.83. The molecule has 0 bridgehead atoms. The van der Waals surface area contributed by atoms with Crippen LogP contribution in [0.5, 0.6) is 0 Å². The molecule has 0 saturated heterocycles. The normalized spacial score (nSPS) is 17.0. The van der Waals surface area contributed by atoms with E-state index in [0.717, 1.165) is 12.7 Å². The molecular formula is C23H18ClFI5O6-. The number of alkyl halides is 2. The van der Waals surface area contributed by atoms with Crippen LogP contribution in [0.4, 0.5) is 2.86 Å². The van der Waals surface area contributed by atoms with Crippen molar-refractivity contribution in [2.24, 2.45) is 0 Å². The minimum atomic E-state index is -3.02. The maximum absolute atomic E-state index is 12.9. The quantitative estimate of drug-likeness (QED) is 0.232. The summed E-state index contributed by atoms with van der Waals surface area (Å²) in [4.78, 5) is 37.2. The Balaban J connectivity index is 0.000000143. The predicted octanol–water partition coefficient (Wildman–Crippen LogP) is 5.07. The van der Waals surface area contributed by atoms with Crippen molar-refractivity contribution in [3.63, 3.8) is 0 Å². The van der Waals surface area contributed by atoms with Gasteiger partial charge in [-0.05, 0) is 0 Å². The van der Waals surface area contributed by atoms with Crippen molar-refractivity contribution in [2.75, 3.05) is 9.86 Å². The molecule has 3 aliphatic rings. The van der Waals surface area contributed by atoms with Crippen molar-refractivity contribution in [1.29, 1.82) is 0 Å². The van der Waals surface area contributed by atoms with Gasteiger partial charge in [0, 0.05) is 0 Å². The zero-order chi connectivity index (χ0) is 26.2. The number of hydrogen-bond acceptors (Lipinski definition) is 6. The van der Waals surface area contributed by atoms with E-state index >= 15 is 0 Å². The zero-order valence-corrected chi connectivity index (χ0v) is 30.1. The summed E-state index contributed by atoms with van der Waals surface area (Å²) in [5.74, 6) is -0.901. The van der Waals surface area contributed by atoms with Crippen LogP contribution in [0.2, 0.25) is 0 Å². The van der Waals surface area contributed by atoms with Crippen LogP contribution in [-0.4, -0.2) is 27.8 Å². The zero-order valence-electron chi connectivity index (χ0n) is 18.5. The Bertz CT molecular complexity index is 1110. The average Bonchev–Trinajstić information content (AvgIpc) is 3.46. The first-order chi connectivity index (χ1) is 17.3. The summed E-state index contributed by atoms with van der Waals surface area (Å²) >= 11 is -3.63. The van der Waals surface area contributed by atoms with E-state index in [0.29, 0.717) is 31.9 Å². The van der Waals surface area contributed by atoms with Crippen molar-refractivity contribution < 1.29 is 43.7 Å². The van der Waals surface area contributed by atoms with Crippen molar-refractivity contribution in [2.45, 2.75) is 0 Å². The van der Waals surface area contributed by atoms with E-state index < -0.39 is 66.1 Å². The molecular weight excluding hydrogens is 1060 g/mol. The number of carbonyl (C=O) groups is 3. The van der Waals surface area contributed by atoms with Crippen molar-refractivity contribution in [3.05, 3.63) is 100 Å². The van der Waals surface area contributed by atoms with E-state index in [1.165, 1.54) is 0 Å². The number of halogens is 7. The first-order valence-electron chi connectivity index (χ1n) is 9.67. The van der Waals surface area contributed by atoms with Gasteiger partial charge in [-0.3, -0.25) is 0 Å². The molecule has 3 aromatic rings. The third-order valence-corrected chi connectivity index (χ3v) is 14.7. The van der Waals surface area contributed by atoms with Crippen molar-refractivity contribution >= 4 is 106 Å². The third kappa shape index (κ3) is 7.75. The molecule has 0 aromatic heterocycles. The molecule has 13 heteroatoms. The van der Waals surface area contributed by atoms with E-state index in [4.69, 9.17) is 15.0 Å². The molecule has 0 fully saturated rings. The summed E-state index contributed by atoms with van der Waals surface area (Å²) in [6.45, 7) is 0. The van der Waals surface area contributed by atoms with Gasteiger partial charge in [-0.15, -0.1) is 0 Å². The van der Waals surface area contributed by atoms with Gasteiger partial charge in [0.05, 0.1) is 0 Å². The predicted molar refractivity (Wildman–Crippen MR) is 167 cm³/mol. The van der Waals surface area contributed by atoms with Crippen LogP contribution >= 0.6 is 87.7 Å². The number of fused-ring (bicyclic) bond motifs is 3. The van der Waals surface area contributed by atoms with Crippen LogP contribution in [0.1, 0.15) is 31.1 Å². The number of carbonyl (C=O) groups excluding carboxylic acids is 3. The minimum absolute atomic E-state index is 0.131. The van der Waals surface area contributed by atoms with Crippen molar-refractivity contribution in [1.82, 2.24) is 0 Å². The van der Waals surface area contributed by atoms with Gasteiger partial charge >= 0.3 is 259 Å². The second-order valence-corrected chi connectivity index (χ2v) is 24.1. The van der Waals surface area contributed by atoms with E-state index in [1.54, 1.807) is 30.3 Å². The topological polar surface area (TPSA) is 78.9 Å². The molecule has 0 radical (unpaired) electrons. The van der Waals surface area contributed by atoms with Gasteiger partial charge in [-0.2, -0.15) is 0 Å². The first kappa shape index (κ1) is 30.5. The van der Waals surface area contributed by atoms with Crippen LogP contribution in [0.3, 0.4) is 0 Å². The van der Waals surface area contributed by atoms with Crippen molar-refractivity contribution in [3.8, 4) is 0 Å². The fourth-order valence-electron chi connectivity index (χ4n) is 2.85. The third-order valence-electron chi connectivity index (χ3n) is 4.35. The number of benzene rings is 3. The molecule has 0 N–H and O–H groups in total. The SMILES string of the molecule is CI1OC(=O)c2ccccc21.C[I-]I.O=C1OI(Cl)c2ccccc21.O=C1OI(F)c2ccccc21. The van der Waals surface area contributed by atoms with Gasteiger partial charge in [0.15, 0.2) is 0 Å². The fourth-order valence-corrected chi connectivity index (χ4v) is 11.4. The molecule has 3 heterocycles. The van der Waals surface area contributed by atoms with Gasteiger partial charge in [0.25, 0.3) is 0 Å². The Morgan fingerprint density at radius 1 is 0.722 bits per heavy atom. The Kier molecular flexibility index (Phi) is 12.6. The van der Waals surface area contributed by atoms with Gasteiger partial charge in [-0.1, -0.05) is 0 Å². The summed E-state index contributed by atoms with van der Waals surface area (Å²) in [6, 6.07) is 21.6. The van der Waals surface area contributed by atoms with E-state index in [-0.39, 0.29) is 11.9 Å². The summed E-state index contributed by atoms with van der Waals surface area (Å²) in [7, 11) is 5.85. The van der Waals surface area contributed by atoms with Gasteiger partial charge in [0.1, 0.15) is 0 Å². The molecule has 6 rings (SSSR count). The molecule has 0 atom stereocenters. The van der Waals surface area contributed by atoms with Gasteiger partial charge in [0.2, 0.25) is 0 Å². The molecule has 6 nitrogen and oxygen atoms in total. The maximum atomic E-state index is 12.9. The molecule has 196 valence electrons. The Labute approximate surface area is 255 Å². The summed E-state index contributed by atoms with van der Waals surface area (Å²) < 4.78 is 30.0. The molecule has 36 heavy (non-hydrogen) atoms. The Hall–Kier alpha value is -0.0600. The summed E-state index contributed by atoms with van der Waals surface area (Å²) in [5, 5.41) is 0. The fraction of sp³-hybridized carbons (Fsp3) is 0.0870. The van der Waals surface area contributed by atoms with Crippen LogP contribution in [0.25, 0.3) is 0 Å².